The van der Waals surface area contributed by atoms with E-state index in [2.05, 4.69) is 29.3 Å². The van der Waals surface area contributed by atoms with Crippen LogP contribution in [-0.4, -0.2) is 31.1 Å². The van der Waals surface area contributed by atoms with Crippen LogP contribution in [0.1, 0.15) is 30.9 Å². The van der Waals surface area contributed by atoms with Gasteiger partial charge in [-0.1, -0.05) is 19.1 Å². The molecule has 0 spiro atoms. The van der Waals surface area contributed by atoms with Gasteiger partial charge in [0.05, 0.1) is 0 Å². The molecular weight excluding hydrogens is 288 g/mol. The Hall–Kier alpha value is -1.65. The van der Waals surface area contributed by atoms with E-state index in [1.807, 2.05) is 13.0 Å². The number of hydrogen-bond acceptors (Lipinski definition) is 4. The second-order valence-corrected chi connectivity index (χ2v) is 6.62. The maximum atomic E-state index is 11.8. The first-order valence-corrected chi connectivity index (χ1v) is 8.62. The number of piperidine rings is 1. The van der Waals surface area contributed by atoms with Crippen LogP contribution >= 0.6 is 0 Å². The number of aryl methyl sites for hydroxylation is 1. The van der Waals surface area contributed by atoms with Crippen molar-refractivity contribution in [1.82, 2.24) is 10.2 Å². The SMILES string of the molecule is CCNCC1CCN(Cc2cc(=O)oc3cc(C)ccc23)CC1. The van der Waals surface area contributed by atoms with E-state index in [4.69, 9.17) is 4.42 Å². The van der Waals surface area contributed by atoms with Crippen LogP contribution in [0.25, 0.3) is 11.0 Å². The average Bonchev–Trinajstić information content (AvgIpc) is 2.53. The van der Waals surface area contributed by atoms with Gasteiger partial charge in [-0.05, 0) is 69.1 Å². The third-order valence-electron chi connectivity index (χ3n) is 4.77. The molecule has 0 aliphatic carbocycles. The van der Waals surface area contributed by atoms with Crippen molar-refractivity contribution in [3.8, 4) is 0 Å². The van der Waals surface area contributed by atoms with Crippen LogP contribution in [0.2, 0.25) is 0 Å². The second-order valence-electron chi connectivity index (χ2n) is 6.62. The molecule has 0 bridgehead atoms. The van der Waals surface area contributed by atoms with E-state index in [0.29, 0.717) is 5.58 Å². The Morgan fingerprint density at radius 1 is 1.26 bits per heavy atom. The van der Waals surface area contributed by atoms with E-state index in [1.165, 1.54) is 12.8 Å². The number of rotatable bonds is 5. The summed E-state index contributed by atoms with van der Waals surface area (Å²) in [4.78, 5) is 14.3. The lowest BCUT2D eigenvalue weighted by Crippen LogP contribution is -2.37. The molecule has 23 heavy (non-hydrogen) atoms. The summed E-state index contributed by atoms with van der Waals surface area (Å²) in [5, 5.41) is 4.51. The predicted molar refractivity (Wildman–Crippen MR) is 93.8 cm³/mol. The van der Waals surface area contributed by atoms with Gasteiger partial charge in [-0.3, -0.25) is 4.90 Å². The van der Waals surface area contributed by atoms with Crippen LogP contribution in [-0.2, 0) is 6.54 Å². The third-order valence-corrected chi connectivity index (χ3v) is 4.77. The zero-order valence-electron chi connectivity index (χ0n) is 14.1. The lowest BCUT2D eigenvalue weighted by Gasteiger charge is -2.32. The summed E-state index contributed by atoms with van der Waals surface area (Å²) >= 11 is 0. The smallest absolute Gasteiger partial charge is 0.336 e. The second kappa shape index (κ2) is 7.28. The van der Waals surface area contributed by atoms with Crippen LogP contribution < -0.4 is 10.9 Å². The van der Waals surface area contributed by atoms with Gasteiger partial charge in [-0.25, -0.2) is 4.79 Å². The van der Waals surface area contributed by atoms with Gasteiger partial charge in [0, 0.05) is 18.0 Å². The van der Waals surface area contributed by atoms with Crippen LogP contribution in [0.15, 0.2) is 33.5 Å². The molecule has 124 valence electrons. The largest absolute Gasteiger partial charge is 0.423 e. The molecule has 0 atom stereocenters. The molecule has 3 rings (SSSR count). The Bertz CT molecular complexity index is 715. The van der Waals surface area contributed by atoms with Crippen LogP contribution in [0.5, 0.6) is 0 Å². The number of fused-ring (bicyclic) bond motifs is 1. The lowest BCUT2D eigenvalue weighted by molar-refractivity contribution is 0.176. The molecule has 0 amide bonds. The number of nitrogens with one attached hydrogen (secondary N) is 1. The van der Waals surface area contributed by atoms with Gasteiger partial charge in [0.25, 0.3) is 0 Å². The standard InChI is InChI=1S/C19H26N2O2/c1-3-20-12-15-6-8-21(9-7-15)13-16-11-19(22)23-18-10-14(2)4-5-17(16)18/h4-5,10-11,15,20H,3,6-9,12-13H2,1-2H3. The Labute approximate surface area is 137 Å². The third kappa shape index (κ3) is 4.01. The molecule has 0 saturated carbocycles. The van der Waals surface area contributed by atoms with Crippen molar-refractivity contribution in [3.63, 3.8) is 0 Å². The summed E-state index contributed by atoms with van der Waals surface area (Å²) in [5.41, 5.74) is 2.65. The molecule has 1 saturated heterocycles. The van der Waals surface area contributed by atoms with Crippen molar-refractivity contribution in [1.29, 1.82) is 0 Å². The topological polar surface area (TPSA) is 45.5 Å². The first-order valence-electron chi connectivity index (χ1n) is 8.62. The van der Waals surface area contributed by atoms with E-state index in [1.54, 1.807) is 6.07 Å². The minimum absolute atomic E-state index is 0.250. The van der Waals surface area contributed by atoms with E-state index < -0.39 is 0 Å². The molecule has 2 heterocycles. The Morgan fingerprint density at radius 2 is 2.04 bits per heavy atom. The minimum atomic E-state index is -0.250. The van der Waals surface area contributed by atoms with Gasteiger partial charge < -0.3 is 9.73 Å². The van der Waals surface area contributed by atoms with Gasteiger partial charge in [0.2, 0.25) is 0 Å². The Morgan fingerprint density at radius 3 is 2.78 bits per heavy atom. The number of benzene rings is 1. The summed E-state index contributed by atoms with van der Waals surface area (Å²) < 4.78 is 5.35. The van der Waals surface area contributed by atoms with Crippen molar-refractivity contribution in [2.45, 2.75) is 33.2 Å². The van der Waals surface area contributed by atoms with Crippen molar-refractivity contribution >= 4 is 11.0 Å². The first kappa shape index (κ1) is 16.2. The summed E-state index contributed by atoms with van der Waals surface area (Å²) in [5.74, 6) is 0.784. The average molecular weight is 314 g/mol. The molecule has 1 aromatic heterocycles. The van der Waals surface area contributed by atoms with E-state index in [9.17, 15) is 4.79 Å². The van der Waals surface area contributed by atoms with E-state index in [0.717, 1.165) is 55.2 Å². The summed E-state index contributed by atoms with van der Waals surface area (Å²) in [6.45, 7) is 9.38. The van der Waals surface area contributed by atoms with E-state index >= 15 is 0 Å². The Balaban J connectivity index is 1.71. The fourth-order valence-electron chi connectivity index (χ4n) is 3.41. The summed E-state index contributed by atoms with van der Waals surface area (Å²) in [7, 11) is 0. The maximum absolute atomic E-state index is 11.8. The lowest BCUT2D eigenvalue weighted by atomic mass is 9.96. The molecule has 1 aliphatic heterocycles. The molecule has 1 fully saturated rings. The minimum Gasteiger partial charge on any atom is -0.423 e. The monoisotopic (exact) mass is 314 g/mol. The van der Waals surface area contributed by atoms with Gasteiger partial charge >= 0.3 is 5.63 Å². The molecular formula is C19H26N2O2. The molecule has 4 nitrogen and oxygen atoms in total. The first-order chi connectivity index (χ1) is 11.2. The van der Waals surface area contributed by atoms with Gasteiger partial charge in [0.15, 0.2) is 0 Å². The van der Waals surface area contributed by atoms with Gasteiger partial charge in [-0.15, -0.1) is 0 Å². The van der Waals surface area contributed by atoms with Gasteiger partial charge in [0.1, 0.15) is 5.58 Å². The summed E-state index contributed by atoms with van der Waals surface area (Å²) in [6.07, 6.45) is 2.46. The normalized spacial score (nSPS) is 17.0. The fourth-order valence-corrected chi connectivity index (χ4v) is 3.41. The zero-order chi connectivity index (χ0) is 16.2. The Kier molecular flexibility index (Phi) is 5.13. The number of nitrogens with zero attached hydrogens (tertiary/aromatic N) is 1. The molecule has 4 heteroatoms. The van der Waals surface area contributed by atoms with Crippen LogP contribution in [0, 0.1) is 12.8 Å². The molecule has 1 aliphatic rings. The molecule has 1 aromatic carbocycles. The highest BCUT2D eigenvalue weighted by atomic mass is 16.4. The van der Waals surface area contributed by atoms with Crippen molar-refractivity contribution in [2.24, 2.45) is 5.92 Å². The fraction of sp³-hybridized carbons (Fsp3) is 0.526. The molecule has 0 unspecified atom stereocenters. The zero-order valence-corrected chi connectivity index (χ0v) is 14.1. The van der Waals surface area contributed by atoms with Crippen LogP contribution in [0.3, 0.4) is 0 Å². The van der Waals surface area contributed by atoms with E-state index in [-0.39, 0.29) is 5.63 Å². The van der Waals surface area contributed by atoms with Crippen molar-refractivity contribution < 1.29 is 4.42 Å². The predicted octanol–water partition coefficient (Wildman–Crippen LogP) is 2.92. The highest BCUT2D eigenvalue weighted by Gasteiger charge is 2.19. The molecule has 0 radical (unpaired) electrons. The number of hydrogen-bond donors (Lipinski definition) is 1. The highest BCUT2D eigenvalue weighted by molar-refractivity contribution is 5.80. The van der Waals surface area contributed by atoms with Gasteiger partial charge in [-0.2, -0.15) is 0 Å². The van der Waals surface area contributed by atoms with Crippen molar-refractivity contribution in [3.05, 3.63) is 45.8 Å². The van der Waals surface area contributed by atoms with Crippen molar-refractivity contribution in [2.75, 3.05) is 26.2 Å². The quantitative estimate of drug-likeness (QED) is 0.862. The highest BCUT2D eigenvalue weighted by Crippen LogP contribution is 2.23. The van der Waals surface area contributed by atoms with Crippen LogP contribution in [0.4, 0.5) is 0 Å². The number of likely N-dealkylation sites (tertiary alicyclic amines) is 1. The maximum Gasteiger partial charge on any atom is 0.336 e. The molecule has 2 aromatic rings. The summed E-state index contributed by atoms with van der Waals surface area (Å²) in [6, 6.07) is 7.75. The molecule has 1 N–H and O–H groups in total.